The third-order valence-electron chi connectivity index (χ3n) is 1.31. The quantitative estimate of drug-likeness (QED) is 0.496. The van der Waals surface area contributed by atoms with Gasteiger partial charge in [0.05, 0.1) is 6.61 Å². The molecule has 0 rings (SSSR count). The molecule has 0 unspecified atom stereocenters. The largest absolute Gasteiger partial charge is 0.405 e. The predicted octanol–water partition coefficient (Wildman–Crippen LogP) is 1.58. The standard InChI is InChI=1S/C8H15F3N2O/c1-3-14-13-5-4-7(2)12-6-8(9,10)11/h12-13H,2-6H2,1H3. The molecule has 0 saturated heterocycles. The highest BCUT2D eigenvalue weighted by atomic mass is 19.4. The highest BCUT2D eigenvalue weighted by molar-refractivity contribution is 4.91. The Hall–Kier alpha value is -0.750. The number of hydrogen-bond acceptors (Lipinski definition) is 3. The SMILES string of the molecule is C=C(CCNOCC)NCC(F)(F)F. The summed E-state index contributed by atoms with van der Waals surface area (Å²) < 4.78 is 35.1. The maximum Gasteiger partial charge on any atom is 0.405 e. The predicted molar refractivity (Wildman–Crippen MR) is 47.4 cm³/mol. The van der Waals surface area contributed by atoms with Crippen LogP contribution in [-0.2, 0) is 4.84 Å². The molecular weight excluding hydrogens is 197 g/mol. The van der Waals surface area contributed by atoms with Gasteiger partial charge in [-0.05, 0) is 6.92 Å². The van der Waals surface area contributed by atoms with Crippen molar-refractivity contribution in [2.45, 2.75) is 19.5 Å². The zero-order chi connectivity index (χ0) is 11.0. The molecule has 0 aromatic rings. The van der Waals surface area contributed by atoms with Crippen LogP contribution in [-0.4, -0.2) is 25.9 Å². The second kappa shape index (κ2) is 6.67. The average molecular weight is 212 g/mol. The first-order valence-electron chi connectivity index (χ1n) is 4.28. The zero-order valence-electron chi connectivity index (χ0n) is 8.08. The third kappa shape index (κ3) is 9.34. The van der Waals surface area contributed by atoms with Gasteiger partial charge in [-0.25, -0.2) is 5.48 Å². The maximum atomic E-state index is 11.7. The highest BCUT2D eigenvalue weighted by Gasteiger charge is 2.26. The number of nitrogens with one attached hydrogen (secondary N) is 2. The summed E-state index contributed by atoms with van der Waals surface area (Å²) in [5.41, 5.74) is 2.92. The Morgan fingerprint density at radius 1 is 1.43 bits per heavy atom. The molecule has 2 N–H and O–H groups in total. The van der Waals surface area contributed by atoms with Gasteiger partial charge < -0.3 is 10.2 Å². The van der Waals surface area contributed by atoms with Crippen molar-refractivity contribution >= 4 is 0 Å². The van der Waals surface area contributed by atoms with Crippen molar-refractivity contribution in [1.82, 2.24) is 10.8 Å². The number of hydrogen-bond donors (Lipinski definition) is 2. The number of halogens is 3. The Morgan fingerprint density at radius 2 is 2.07 bits per heavy atom. The second-order valence-electron chi connectivity index (χ2n) is 2.65. The highest BCUT2D eigenvalue weighted by Crippen LogP contribution is 2.13. The number of rotatable bonds is 7. The lowest BCUT2D eigenvalue weighted by atomic mass is 10.3. The minimum Gasteiger partial charge on any atom is -0.380 e. The summed E-state index contributed by atoms with van der Waals surface area (Å²) in [4.78, 5) is 4.79. The molecule has 0 fully saturated rings. The molecule has 14 heavy (non-hydrogen) atoms. The van der Waals surface area contributed by atoms with Crippen molar-refractivity contribution in [3.63, 3.8) is 0 Å². The summed E-state index contributed by atoms with van der Waals surface area (Å²) in [5, 5.41) is 2.18. The lowest BCUT2D eigenvalue weighted by molar-refractivity contribution is -0.123. The first kappa shape index (κ1) is 13.2. The van der Waals surface area contributed by atoms with E-state index in [-0.39, 0.29) is 0 Å². The van der Waals surface area contributed by atoms with Crippen molar-refractivity contribution in [3.8, 4) is 0 Å². The van der Waals surface area contributed by atoms with Crippen LogP contribution in [0.3, 0.4) is 0 Å². The van der Waals surface area contributed by atoms with Crippen LogP contribution in [0, 0.1) is 0 Å². The minimum atomic E-state index is -4.20. The lowest BCUT2D eigenvalue weighted by Gasteiger charge is -2.11. The Morgan fingerprint density at radius 3 is 2.57 bits per heavy atom. The third-order valence-corrected chi connectivity index (χ3v) is 1.31. The van der Waals surface area contributed by atoms with Crippen molar-refractivity contribution < 1.29 is 18.0 Å². The van der Waals surface area contributed by atoms with Gasteiger partial charge in [-0.15, -0.1) is 0 Å². The topological polar surface area (TPSA) is 33.3 Å². The fourth-order valence-corrected chi connectivity index (χ4v) is 0.690. The first-order valence-corrected chi connectivity index (χ1v) is 4.28. The van der Waals surface area contributed by atoms with Gasteiger partial charge in [0.15, 0.2) is 0 Å². The van der Waals surface area contributed by atoms with E-state index in [9.17, 15) is 13.2 Å². The Balaban J connectivity index is 3.38. The maximum absolute atomic E-state index is 11.7. The molecule has 0 bridgehead atoms. The van der Waals surface area contributed by atoms with Gasteiger partial charge in [-0.2, -0.15) is 13.2 Å². The molecule has 0 heterocycles. The zero-order valence-corrected chi connectivity index (χ0v) is 8.08. The van der Waals surface area contributed by atoms with Crippen LogP contribution in [0.15, 0.2) is 12.3 Å². The molecule has 0 spiro atoms. The minimum absolute atomic E-state index is 0.342. The Labute approximate surface area is 81.3 Å². The molecular formula is C8H15F3N2O. The van der Waals surface area contributed by atoms with Gasteiger partial charge in [0.1, 0.15) is 6.54 Å². The lowest BCUT2D eigenvalue weighted by Crippen LogP contribution is -2.29. The van der Waals surface area contributed by atoms with Crippen molar-refractivity contribution in [2.75, 3.05) is 19.7 Å². The van der Waals surface area contributed by atoms with Crippen LogP contribution in [0.2, 0.25) is 0 Å². The molecule has 0 aliphatic rings. The van der Waals surface area contributed by atoms with Crippen molar-refractivity contribution in [2.24, 2.45) is 0 Å². The summed E-state index contributed by atoms with van der Waals surface area (Å²) in [6, 6.07) is 0. The van der Waals surface area contributed by atoms with Crippen LogP contribution in [0.5, 0.6) is 0 Å². The average Bonchev–Trinajstić information content (AvgIpc) is 2.08. The van der Waals surface area contributed by atoms with E-state index in [2.05, 4.69) is 17.4 Å². The van der Waals surface area contributed by atoms with Gasteiger partial charge in [0.25, 0.3) is 0 Å². The normalized spacial score (nSPS) is 11.4. The second-order valence-corrected chi connectivity index (χ2v) is 2.65. The van der Waals surface area contributed by atoms with Crippen LogP contribution in [0.1, 0.15) is 13.3 Å². The van der Waals surface area contributed by atoms with E-state index < -0.39 is 12.7 Å². The summed E-state index contributed by atoms with van der Waals surface area (Å²) in [6.07, 6.45) is -3.80. The van der Waals surface area contributed by atoms with Crippen LogP contribution in [0.25, 0.3) is 0 Å². The molecule has 0 amide bonds. The Kier molecular flexibility index (Phi) is 6.31. The summed E-state index contributed by atoms with van der Waals surface area (Å²) in [5.74, 6) is 0. The molecule has 6 heteroatoms. The van der Waals surface area contributed by atoms with Crippen LogP contribution in [0.4, 0.5) is 13.2 Å². The van der Waals surface area contributed by atoms with Crippen LogP contribution >= 0.6 is 0 Å². The van der Waals surface area contributed by atoms with Gasteiger partial charge in [-0.1, -0.05) is 6.58 Å². The molecule has 0 atom stereocenters. The number of hydroxylamine groups is 1. The molecule has 0 saturated carbocycles. The molecule has 0 aromatic heterocycles. The fourth-order valence-electron chi connectivity index (χ4n) is 0.690. The van der Waals surface area contributed by atoms with Gasteiger partial charge in [0, 0.05) is 18.7 Å². The van der Waals surface area contributed by atoms with Crippen molar-refractivity contribution in [1.29, 1.82) is 0 Å². The van der Waals surface area contributed by atoms with E-state index in [1.54, 1.807) is 0 Å². The smallest absolute Gasteiger partial charge is 0.380 e. The molecule has 0 aliphatic carbocycles. The molecule has 0 aliphatic heterocycles. The Bertz CT molecular complexity index is 170. The van der Waals surface area contributed by atoms with E-state index >= 15 is 0 Å². The van der Waals surface area contributed by atoms with Gasteiger partial charge >= 0.3 is 6.18 Å². The molecule has 0 radical (unpaired) electrons. The van der Waals surface area contributed by atoms with Gasteiger partial charge in [-0.3, -0.25) is 0 Å². The molecule has 3 nitrogen and oxygen atoms in total. The van der Waals surface area contributed by atoms with E-state index in [1.807, 2.05) is 6.92 Å². The number of alkyl halides is 3. The van der Waals surface area contributed by atoms with Crippen molar-refractivity contribution in [3.05, 3.63) is 12.3 Å². The first-order chi connectivity index (χ1) is 6.45. The van der Waals surface area contributed by atoms with E-state index in [0.717, 1.165) is 0 Å². The van der Waals surface area contributed by atoms with Crippen LogP contribution < -0.4 is 10.8 Å². The molecule has 84 valence electrons. The molecule has 0 aromatic carbocycles. The van der Waals surface area contributed by atoms with E-state index in [4.69, 9.17) is 4.84 Å². The monoisotopic (exact) mass is 212 g/mol. The fraction of sp³-hybridized carbons (Fsp3) is 0.750. The van der Waals surface area contributed by atoms with Gasteiger partial charge in [0.2, 0.25) is 0 Å². The summed E-state index contributed by atoms with van der Waals surface area (Å²) in [6.45, 7) is 5.18. The summed E-state index contributed by atoms with van der Waals surface area (Å²) >= 11 is 0. The van der Waals surface area contributed by atoms with E-state index in [1.165, 1.54) is 0 Å². The summed E-state index contributed by atoms with van der Waals surface area (Å²) in [7, 11) is 0. The van der Waals surface area contributed by atoms with E-state index in [0.29, 0.717) is 25.3 Å².